The minimum Gasteiger partial charge on any atom is -0.493 e. The molecule has 122 valence electrons. The molecular weight excluding hydrogens is 306 g/mol. The Bertz CT molecular complexity index is 964. The van der Waals surface area contributed by atoms with Gasteiger partial charge in [0.25, 0.3) is 11.5 Å². The molecular formula is C18H17N3O3. The summed E-state index contributed by atoms with van der Waals surface area (Å²) in [4.78, 5) is 29.0. The van der Waals surface area contributed by atoms with Crippen molar-refractivity contribution in [3.8, 4) is 5.88 Å². The molecule has 1 amide bonds. The van der Waals surface area contributed by atoms with Crippen LogP contribution in [-0.4, -0.2) is 20.4 Å². The number of benzene rings is 1. The average Bonchev–Trinajstić information content (AvgIpc) is 2.57. The fourth-order valence-corrected chi connectivity index (χ4v) is 2.58. The number of carbonyl (C=O) groups excluding carboxylic acids is 1. The summed E-state index contributed by atoms with van der Waals surface area (Å²) in [5, 5.41) is 12.8. The molecule has 24 heavy (non-hydrogen) atoms. The molecule has 6 nitrogen and oxygen atoms in total. The third-order valence-electron chi connectivity index (χ3n) is 3.90. The summed E-state index contributed by atoms with van der Waals surface area (Å²) in [6, 6.07) is 12.5. The van der Waals surface area contributed by atoms with Crippen molar-refractivity contribution in [2.75, 3.05) is 0 Å². The highest BCUT2D eigenvalue weighted by Crippen LogP contribution is 2.16. The number of rotatable bonds is 3. The molecule has 3 rings (SSSR count). The van der Waals surface area contributed by atoms with Gasteiger partial charge in [-0.3, -0.25) is 14.0 Å². The molecule has 0 saturated heterocycles. The van der Waals surface area contributed by atoms with Crippen LogP contribution < -0.4 is 10.9 Å². The quantitative estimate of drug-likeness (QED) is 0.774. The van der Waals surface area contributed by atoms with Crippen molar-refractivity contribution < 1.29 is 9.90 Å². The zero-order chi connectivity index (χ0) is 17.3. The van der Waals surface area contributed by atoms with Gasteiger partial charge in [-0.15, -0.1) is 0 Å². The van der Waals surface area contributed by atoms with Crippen LogP contribution in [0, 0.1) is 6.92 Å². The smallest absolute Gasteiger partial charge is 0.274 e. The van der Waals surface area contributed by atoms with Crippen molar-refractivity contribution >= 4 is 11.6 Å². The second-order valence-electron chi connectivity index (χ2n) is 5.61. The fourth-order valence-electron chi connectivity index (χ4n) is 2.58. The zero-order valence-electron chi connectivity index (χ0n) is 13.4. The first-order valence-electron chi connectivity index (χ1n) is 7.56. The standard InChI is InChI=1S/C18H17N3O3/c1-11-7-6-10-21-15(11)20-17(23)14(18(21)24)16(22)19-12(2)13-8-4-3-5-9-13/h3-10,12,23H,1-2H3,(H,19,22)/t12-/m1/s1. The van der Waals surface area contributed by atoms with Crippen molar-refractivity contribution in [2.45, 2.75) is 19.9 Å². The largest absolute Gasteiger partial charge is 0.493 e. The molecule has 0 fully saturated rings. The molecule has 0 aliphatic rings. The molecule has 0 bridgehead atoms. The molecule has 1 atom stereocenters. The van der Waals surface area contributed by atoms with E-state index in [0.29, 0.717) is 5.65 Å². The van der Waals surface area contributed by atoms with Gasteiger partial charge in [0.05, 0.1) is 6.04 Å². The molecule has 0 spiro atoms. The predicted octanol–water partition coefficient (Wildman–Crippen LogP) is 2.20. The summed E-state index contributed by atoms with van der Waals surface area (Å²) in [6.45, 7) is 3.58. The van der Waals surface area contributed by atoms with Gasteiger partial charge in [-0.1, -0.05) is 36.4 Å². The molecule has 2 heterocycles. The van der Waals surface area contributed by atoms with E-state index in [1.807, 2.05) is 30.3 Å². The number of hydrogen-bond donors (Lipinski definition) is 2. The molecule has 0 radical (unpaired) electrons. The number of aromatic hydroxyl groups is 1. The van der Waals surface area contributed by atoms with E-state index in [9.17, 15) is 14.7 Å². The van der Waals surface area contributed by atoms with Gasteiger partial charge in [-0.05, 0) is 31.0 Å². The number of fused-ring (bicyclic) bond motifs is 1. The number of carbonyl (C=O) groups is 1. The number of pyridine rings is 1. The normalized spacial score (nSPS) is 12.1. The first-order chi connectivity index (χ1) is 11.5. The number of amides is 1. The molecule has 0 saturated carbocycles. The maximum absolute atomic E-state index is 12.6. The molecule has 0 aliphatic carbocycles. The number of aromatic nitrogens is 2. The minimum absolute atomic E-state index is 0.310. The van der Waals surface area contributed by atoms with Crippen molar-refractivity contribution in [3.63, 3.8) is 0 Å². The lowest BCUT2D eigenvalue weighted by atomic mass is 10.1. The summed E-state index contributed by atoms with van der Waals surface area (Å²) in [5.41, 5.74) is 0.997. The second kappa shape index (κ2) is 6.16. The summed E-state index contributed by atoms with van der Waals surface area (Å²) in [7, 11) is 0. The molecule has 2 N–H and O–H groups in total. The van der Waals surface area contributed by atoms with E-state index < -0.39 is 17.3 Å². The fraction of sp³-hybridized carbons (Fsp3) is 0.167. The number of hydrogen-bond acceptors (Lipinski definition) is 4. The van der Waals surface area contributed by atoms with E-state index in [0.717, 1.165) is 11.1 Å². The van der Waals surface area contributed by atoms with Gasteiger partial charge in [0, 0.05) is 6.20 Å². The molecule has 6 heteroatoms. The highest BCUT2D eigenvalue weighted by Gasteiger charge is 2.22. The van der Waals surface area contributed by atoms with E-state index in [4.69, 9.17) is 0 Å². The molecule has 0 unspecified atom stereocenters. The van der Waals surface area contributed by atoms with Gasteiger partial charge in [0.1, 0.15) is 5.65 Å². The van der Waals surface area contributed by atoms with Crippen LogP contribution >= 0.6 is 0 Å². The topological polar surface area (TPSA) is 83.7 Å². The Morgan fingerprint density at radius 3 is 2.62 bits per heavy atom. The van der Waals surface area contributed by atoms with Crippen molar-refractivity contribution in [1.82, 2.24) is 14.7 Å². The van der Waals surface area contributed by atoms with Gasteiger partial charge < -0.3 is 10.4 Å². The van der Waals surface area contributed by atoms with Crippen molar-refractivity contribution in [1.29, 1.82) is 0 Å². The van der Waals surface area contributed by atoms with Gasteiger partial charge in [-0.25, -0.2) is 0 Å². The Balaban J connectivity index is 2.00. The lowest BCUT2D eigenvalue weighted by Crippen LogP contribution is -2.33. The van der Waals surface area contributed by atoms with Crippen LogP contribution in [0.15, 0.2) is 53.5 Å². The highest BCUT2D eigenvalue weighted by atomic mass is 16.3. The molecule has 3 aromatic rings. The Hall–Kier alpha value is -3.15. The highest BCUT2D eigenvalue weighted by molar-refractivity contribution is 5.96. The molecule has 2 aromatic heterocycles. The summed E-state index contributed by atoms with van der Waals surface area (Å²) >= 11 is 0. The second-order valence-corrected chi connectivity index (χ2v) is 5.61. The van der Waals surface area contributed by atoms with E-state index in [-0.39, 0.29) is 11.6 Å². The number of nitrogens with one attached hydrogen (secondary N) is 1. The van der Waals surface area contributed by atoms with Crippen molar-refractivity contribution in [3.05, 3.63) is 75.7 Å². The van der Waals surface area contributed by atoms with E-state index in [1.165, 1.54) is 10.6 Å². The lowest BCUT2D eigenvalue weighted by molar-refractivity contribution is 0.0934. The van der Waals surface area contributed by atoms with Crippen LogP contribution in [0.4, 0.5) is 0 Å². The van der Waals surface area contributed by atoms with E-state index in [1.54, 1.807) is 26.0 Å². The van der Waals surface area contributed by atoms with Crippen LogP contribution in [0.1, 0.15) is 34.5 Å². The van der Waals surface area contributed by atoms with Gasteiger partial charge in [0.2, 0.25) is 5.88 Å². The van der Waals surface area contributed by atoms with Crippen LogP contribution in [0.5, 0.6) is 5.88 Å². The maximum Gasteiger partial charge on any atom is 0.274 e. The zero-order valence-corrected chi connectivity index (χ0v) is 13.4. The van der Waals surface area contributed by atoms with Gasteiger partial charge in [-0.2, -0.15) is 4.98 Å². The van der Waals surface area contributed by atoms with Gasteiger partial charge >= 0.3 is 0 Å². The first-order valence-corrected chi connectivity index (χ1v) is 7.56. The van der Waals surface area contributed by atoms with Crippen LogP contribution in [0.2, 0.25) is 0 Å². The Kier molecular flexibility index (Phi) is 4.04. The third-order valence-corrected chi connectivity index (χ3v) is 3.90. The van der Waals surface area contributed by atoms with Crippen LogP contribution in [-0.2, 0) is 0 Å². The Morgan fingerprint density at radius 2 is 1.92 bits per heavy atom. The minimum atomic E-state index is -0.655. The Labute approximate surface area is 138 Å². The van der Waals surface area contributed by atoms with Crippen LogP contribution in [0.3, 0.4) is 0 Å². The molecule has 0 aliphatic heterocycles. The lowest BCUT2D eigenvalue weighted by Gasteiger charge is -2.15. The maximum atomic E-state index is 12.6. The number of nitrogens with zero attached hydrogens (tertiary/aromatic N) is 2. The van der Waals surface area contributed by atoms with E-state index >= 15 is 0 Å². The van der Waals surface area contributed by atoms with Crippen molar-refractivity contribution in [2.24, 2.45) is 0 Å². The summed E-state index contributed by atoms with van der Waals surface area (Å²) < 4.78 is 1.26. The summed E-state index contributed by atoms with van der Waals surface area (Å²) in [6.07, 6.45) is 1.52. The third kappa shape index (κ3) is 2.74. The molecule has 1 aromatic carbocycles. The number of aryl methyl sites for hydroxylation is 1. The summed E-state index contributed by atoms with van der Waals surface area (Å²) in [5.74, 6) is -1.22. The van der Waals surface area contributed by atoms with E-state index in [2.05, 4.69) is 10.3 Å². The SMILES string of the molecule is Cc1cccn2c(=O)c(C(=O)N[C@H](C)c3ccccc3)c(O)nc12. The predicted molar refractivity (Wildman–Crippen MR) is 90.2 cm³/mol. The first kappa shape index (κ1) is 15.7. The Morgan fingerprint density at radius 1 is 1.21 bits per heavy atom. The van der Waals surface area contributed by atoms with Gasteiger partial charge in [0.15, 0.2) is 5.56 Å². The van der Waals surface area contributed by atoms with Crippen LogP contribution in [0.25, 0.3) is 5.65 Å². The monoisotopic (exact) mass is 323 g/mol. The average molecular weight is 323 g/mol.